The molecule has 2 amide bonds. The normalized spacial score (nSPS) is 15.5. The molecule has 14 N–H and O–H groups in total. The van der Waals surface area contributed by atoms with Crippen molar-refractivity contribution in [3.8, 4) is 69.9 Å². The Hall–Kier alpha value is -13.4. The molecule has 5 aliphatic carbocycles. The van der Waals surface area contributed by atoms with Crippen molar-refractivity contribution < 1.29 is 41.9 Å². The molecule has 5 atom stereocenters. The van der Waals surface area contributed by atoms with Gasteiger partial charge >= 0.3 is 17.6 Å². The van der Waals surface area contributed by atoms with Crippen LogP contribution >= 0.6 is 70.2 Å². The van der Waals surface area contributed by atoms with Gasteiger partial charge in [0, 0.05) is 91.1 Å². The number of benzene rings is 5. The fourth-order valence-corrected chi connectivity index (χ4v) is 17.0. The van der Waals surface area contributed by atoms with Crippen molar-refractivity contribution in [2.75, 3.05) is 35.5 Å². The van der Waals surface area contributed by atoms with Gasteiger partial charge in [0.25, 0.3) is 39.3 Å². The Labute approximate surface area is 771 Å². The number of nitrogens with two attached hydrogens (primary N) is 3. The highest BCUT2D eigenvalue weighted by Crippen LogP contribution is 2.46. The molecule has 0 fully saturated rings. The number of ether oxygens (including phenoxy) is 6. The van der Waals surface area contributed by atoms with E-state index in [0.29, 0.717) is 125 Å². The zero-order valence-electron chi connectivity index (χ0n) is 71.4. The summed E-state index contributed by atoms with van der Waals surface area (Å²) in [6, 6.07) is 18.0. The minimum Gasteiger partial charge on any atom is -0.450 e. The second kappa shape index (κ2) is 43.2. The predicted octanol–water partition coefficient (Wildman–Crippen LogP) is 16.8. The number of nitrogens with one attached hydrogen (secondary N) is 8. The van der Waals surface area contributed by atoms with Crippen molar-refractivity contribution in [2.24, 2.45) is 5.10 Å². The fourth-order valence-electron chi connectivity index (χ4n) is 15.4. The number of hydrazone groups is 1. The molecule has 0 saturated heterocycles. The number of hydrogen-bond donors (Lipinski definition) is 11. The summed E-state index contributed by atoms with van der Waals surface area (Å²) < 4.78 is 45.2. The number of nitrogens with zero attached hydrogens (tertiary/aromatic N) is 10. The number of amides is 2. The number of H-pyrrole nitrogens is 6. The molecule has 16 rings (SSSR count). The van der Waals surface area contributed by atoms with Crippen LogP contribution in [0, 0.1) is 52.5 Å². The lowest BCUT2D eigenvalue weighted by Crippen LogP contribution is -2.36. The molecule has 43 heteroatoms. The number of carbonyl (C=O) groups is 2. The van der Waals surface area contributed by atoms with E-state index in [1.807, 2.05) is 65.7 Å². The molecule has 130 heavy (non-hydrogen) atoms. The lowest BCUT2D eigenvalue weighted by molar-refractivity contribution is -0.114. The second-order valence-electron chi connectivity index (χ2n) is 30.7. The van der Waals surface area contributed by atoms with E-state index < -0.39 is 34.8 Å². The van der Waals surface area contributed by atoms with E-state index >= 15 is 0 Å². The van der Waals surface area contributed by atoms with Crippen LogP contribution in [0.1, 0.15) is 194 Å². The van der Waals surface area contributed by atoms with Crippen LogP contribution in [0.15, 0.2) is 99.3 Å². The van der Waals surface area contributed by atoms with E-state index in [0.717, 1.165) is 117 Å². The maximum Gasteiger partial charge on any atom is 0.414 e. The first-order valence-corrected chi connectivity index (χ1v) is 43.1. The Balaban J connectivity index is 0.000000169. The standard InChI is InChI=1S/C21H21ClN6O5.C19H15ClN6O4.3C15H16ClN3O2.CH3FS.CH4/c1-4-32-21(31)24-18(29)15(9-23)26-25-12-7-11(3)17(14(22)8-12)33-20-13-6-5-10(2)16(13)19(30)27-28-20;1-8-4-5-11-13(8)16(27)23-24-18(11)30-14-9(2)6-10(7-12(14)20)26-19(29)22-17(28)15(21-3)25-26;3*1-7-3-4-10-12(7)14(20)18-19-15(10)21-13-8(2)5-9(17)6-11(13)16;1-3-2;/h7-8,10,25H,4-6H2,1-3H3,(H,27,30)(H,24,29,31);6-8H,4-5H2,1-2H3,(H,23,27)(H,22,28,29);3*5-7H,3-4,17H2,1-2H3,(H,18,20);1H3;1H4/b26-15+;;;;;;/t10-;8-;2*7-;;;/m1110.../s1. The van der Waals surface area contributed by atoms with Gasteiger partial charge in [0.2, 0.25) is 35.1 Å². The summed E-state index contributed by atoms with van der Waals surface area (Å²) in [5, 5.41) is 52.8. The monoisotopic (exact) mass is 1900 g/mol. The molecule has 6 heterocycles. The lowest BCUT2D eigenvalue weighted by atomic mass is 10.1. The molecule has 1 unspecified atom stereocenters. The average molecular weight is 1900 g/mol. The number of halogens is 6. The van der Waals surface area contributed by atoms with Crippen LogP contribution in [0.25, 0.3) is 10.5 Å². The van der Waals surface area contributed by atoms with Crippen molar-refractivity contribution in [1.82, 2.24) is 71.1 Å². The van der Waals surface area contributed by atoms with E-state index in [4.69, 9.17) is 111 Å². The minimum absolute atomic E-state index is 0. The number of carbonyl (C=O) groups excluding carboxylic acids is 2. The van der Waals surface area contributed by atoms with Gasteiger partial charge in [-0.25, -0.2) is 35.1 Å². The molecule has 11 aromatic rings. The number of aromatic amines is 6. The molecule has 0 bridgehead atoms. The van der Waals surface area contributed by atoms with E-state index in [9.17, 15) is 47.0 Å². The number of nitrogen functional groups attached to an aromatic ring is 3. The number of hydrogen-bond acceptors (Lipinski definition) is 28. The summed E-state index contributed by atoms with van der Waals surface area (Å²) in [6.45, 7) is 27.8. The maximum atomic E-state index is 12.1. The van der Waals surface area contributed by atoms with Gasteiger partial charge in [-0.15, -0.1) is 30.2 Å². The Bertz CT molecular complexity index is 6380. The number of alkyl carbamates (subject to hydrolysis) is 1. The molecule has 0 aliphatic heterocycles. The predicted molar refractivity (Wildman–Crippen MR) is 496 cm³/mol. The number of nitriles is 1. The summed E-state index contributed by atoms with van der Waals surface area (Å²) in [5.74, 6) is 3.45. The first-order valence-electron chi connectivity index (χ1n) is 40.1. The summed E-state index contributed by atoms with van der Waals surface area (Å²) in [4.78, 5) is 112. The van der Waals surface area contributed by atoms with E-state index in [2.05, 4.69) is 76.2 Å². The Kier molecular flexibility index (Phi) is 32.8. The minimum atomic E-state index is -1.02. The Morgan fingerprint density at radius 2 is 0.808 bits per heavy atom. The second-order valence-corrected chi connectivity index (χ2v) is 33.0. The molecule has 5 aromatic carbocycles. The summed E-state index contributed by atoms with van der Waals surface area (Å²) in [7, 11) is 0. The quantitative estimate of drug-likeness (QED) is 0.0196. The van der Waals surface area contributed by atoms with Crippen LogP contribution in [-0.2, 0) is 41.6 Å². The number of anilines is 4. The van der Waals surface area contributed by atoms with E-state index in [1.165, 1.54) is 18.4 Å². The number of aryl methyl sites for hydroxylation is 5. The van der Waals surface area contributed by atoms with Crippen molar-refractivity contribution in [3.05, 3.63) is 253 Å². The van der Waals surface area contributed by atoms with Gasteiger partial charge in [-0.3, -0.25) is 49.3 Å². The van der Waals surface area contributed by atoms with Crippen molar-refractivity contribution in [1.29, 1.82) is 5.26 Å². The van der Waals surface area contributed by atoms with Crippen molar-refractivity contribution in [3.63, 3.8) is 0 Å². The number of aromatic nitrogens is 13. The largest absolute Gasteiger partial charge is 0.450 e. The Morgan fingerprint density at radius 1 is 0.515 bits per heavy atom. The molecular formula is C87H91Cl5FN21O15S. The number of fused-ring (bicyclic) bond motifs is 5. The lowest BCUT2D eigenvalue weighted by Gasteiger charge is -2.14. The molecule has 36 nitrogen and oxygen atoms in total. The van der Waals surface area contributed by atoms with Crippen LogP contribution in [0.2, 0.25) is 25.1 Å². The highest BCUT2D eigenvalue weighted by Gasteiger charge is 2.34. The fraction of sp³-hybridized carbons (Fsp3) is 0.333. The van der Waals surface area contributed by atoms with Crippen molar-refractivity contribution >= 4 is 116 Å². The van der Waals surface area contributed by atoms with Crippen LogP contribution in [0.5, 0.6) is 58.1 Å². The van der Waals surface area contributed by atoms with Gasteiger partial charge in [-0.05, 0) is 229 Å². The molecule has 0 radical (unpaired) electrons. The maximum absolute atomic E-state index is 12.1. The van der Waals surface area contributed by atoms with Crippen LogP contribution in [0.3, 0.4) is 0 Å². The van der Waals surface area contributed by atoms with E-state index in [-0.39, 0.29) is 105 Å². The first kappa shape index (κ1) is 98.8. The molecule has 6 aromatic heterocycles. The molecule has 682 valence electrons. The third kappa shape index (κ3) is 22.5. The molecule has 5 aliphatic rings. The van der Waals surface area contributed by atoms with Gasteiger partial charge in [0.1, 0.15) is 6.07 Å². The summed E-state index contributed by atoms with van der Waals surface area (Å²) in [5.41, 5.74) is 30.5. The number of rotatable bonds is 15. The molecule has 0 spiro atoms. The highest BCUT2D eigenvalue weighted by molar-refractivity contribution is 7.93. The molecule has 0 saturated carbocycles. The van der Waals surface area contributed by atoms with Gasteiger partial charge in [0.05, 0.1) is 43.1 Å². The first-order chi connectivity index (χ1) is 61.4. The topological polar surface area (TPSA) is 529 Å². The molecular weight excluding hydrogens is 1810 g/mol. The third-order valence-electron chi connectivity index (χ3n) is 21.5. The van der Waals surface area contributed by atoms with Crippen LogP contribution in [0.4, 0.5) is 37.2 Å². The van der Waals surface area contributed by atoms with Gasteiger partial charge < -0.3 is 50.5 Å². The highest BCUT2D eigenvalue weighted by atomic mass is 35.5. The SMILES string of the molecule is C.CCOC(=O)NC(=O)/C(C#N)=N/Nc1cc(C)c(Oc2n[nH]c(=O)c3c2CC[C@H]3C)c(Cl)c1.CSF.Cc1cc(N)cc(Cl)c1Oc1n[nH]c(=O)c2c1CCC2C.Cc1cc(N)cc(Cl)c1Oc1n[nH]c(=O)c2c1CC[C@@H]2C.Cc1cc(N)cc(Cl)c1Oc1n[nH]c(=O)c2c1CC[C@H]2C.[C-]#[N+]c1nn(-c2cc(C)c(Oc3n[nH]c(=O)c4c3CC[C@H]4C)c(Cl)c2)c(=O)[nH]c1=O. The summed E-state index contributed by atoms with van der Waals surface area (Å²) >= 11 is 31.6. The van der Waals surface area contributed by atoms with Crippen LogP contribution < -0.4 is 90.7 Å². The van der Waals surface area contributed by atoms with E-state index in [1.54, 1.807) is 75.4 Å². The zero-order chi connectivity index (χ0) is 93.8. The summed E-state index contributed by atoms with van der Waals surface area (Å²) in [6.07, 6.45) is 8.54. The number of imide groups is 1. The third-order valence-corrected chi connectivity index (χ3v) is 22.9. The van der Waals surface area contributed by atoms with Gasteiger partial charge in [-0.1, -0.05) is 107 Å². The van der Waals surface area contributed by atoms with Crippen molar-refractivity contribution in [2.45, 2.75) is 177 Å². The zero-order valence-corrected chi connectivity index (χ0v) is 76.0. The van der Waals surface area contributed by atoms with Gasteiger partial charge in [-0.2, -0.15) is 14.2 Å². The average Bonchev–Trinajstić information content (AvgIpc) is 1.64. The van der Waals surface area contributed by atoms with Gasteiger partial charge in [0.15, 0.2) is 28.7 Å². The smallest absolute Gasteiger partial charge is 0.414 e. The Morgan fingerprint density at radius 3 is 1.08 bits per heavy atom. The van der Waals surface area contributed by atoms with Crippen LogP contribution in [-0.4, -0.2) is 96.3 Å².